The predicted molar refractivity (Wildman–Crippen MR) is 129 cm³/mol. The van der Waals surface area contributed by atoms with Crippen LogP contribution in [0.4, 0.5) is 0 Å². The van der Waals surface area contributed by atoms with Gasteiger partial charge in [0.25, 0.3) is 0 Å². The number of piperidine rings is 2. The first-order valence-electron chi connectivity index (χ1n) is 11.2. The van der Waals surface area contributed by atoms with Crippen LogP contribution in [0.25, 0.3) is 0 Å². The third-order valence-electron chi connectivity index (χ3n) is 6.77. The van der Waals surface area contributed by atoms with Gasteiger partial charge in [0.15, 0.2) is 25.5 Å². The zero-order valence-electron chi connectivity index (χ0n) is 18.6. The Balaban J connectivity index is 1.69. The number of rotatable bonds is 6. The quantitative estimate of drug-likeness (QED) is 0.506. The van der Waals surface area contributed by atoms with Gasteiger partial charge in [-0.3, -0.25) is 9.59 Å². The summed E-state index contributed by atoms with van der Waals surface area (Å²) in [6.07, 6.45) is -0.299. The highest BCUT2D eigenvalue weighted by Gasteiger charge is 2.64. The highest BCUT2D eigenvalue weighted by molar-refractivity contribution is 7.96. The fourth-order valence-corrected chi connectivity index (χ4v) is 10.1. The standard InChI is InChI=1S/C26H23NO6S2/c28-22-16-21-24(34(30,31)19-12-6-2-7-13-19)25(35(32,33)20-14-8-3-9-15-20)23(22)27(26(21)29)17-18-10-4-1-5-11-18/h1-15,21,23-25H,16-17H2/t21-,23+,24+,25-/m0/s1. The van der Waals surface area contributed by atoms with Gasteiger partial charge < -0.3 is 4.90 Å². The number of benzene rings is 3. The summed E-state index contributed by atoms with van der Waals surface area (Å²) in [5.74, 6) is -2.23. The molecule has 3 aliphatic rings. The second-order valence-electron chi connectivity index (χ2n) is 8.82. The Labute approximate surface area is 204 Å². The maximum absolute atomic E-state index is 14.0. The number of hydrogen-bond donors (Lipinski definition) is 0. The fourth-order valence-electron chi connectivity index (χ4n) is 5.20. The number of sulfone groups is 2. The van der Waals surface area contributed by atoms with Crippen molar-refractivity contribution in [2.75, 3.05) is 0 Å². The molecule has 3 fully saturated rings. The van der Waals surface area contributed by atoms with E-state index in [4.69, 9.17) is 0 Å². The van der Waals surface area contributed by atoms with Crippen LogP contribution in [0.1, 0.15) is 12.0 Å². The number of carbonyl (C=O) groups is 2. The van der Waals surface area contributed by atoms with Crippen molar-refractivity contribution in [2.45, 2.75) is 39.3 Å². The lowest BCUT2D eigenvalue weighted by Crippen LogP contribution is -2.72. The molecule has 0 spiro atoms. The largest absolute Gasteiger partial charge is 0.327 e. The zero-order valence-corrected chi connectivity index (χ0v) is 20.2. The molecule has 0 aromatic heterocycles. The number of carbonyl (C=O) groups excluding carboxylic acids is 2. The fraction of sp³-hybridized carbons (Fsp3) is 0.231. The number of fused-ring (bicyclic) bond motifs is 3. The van der Waals surface area contributed by atoms with Gasteiger partial charge in [0.2, 0.25) is 5.91 Å². The molecule has 35 heavy (non-hydrogen) atoms. The lowest BCUT2D eigenvalue weighted by atomic mass is 9.77. The van der Waals surface area contributed by atoms with Crippen molar-refractivity contribution < 1.29 is 26.4 Å². The van der Waals surface area contributed by atoms with Crippen molar-refractivity contribution in [1.29, 1.82) is 0 Å². The summed E-state index contributed by atoms with van der Waals surface area (Å²) >= 11 is 0. The maximum atomic E-state index is 14.0. The van der Waals surface area contributed by atoms with E-state index in [1.165, 1.54) is 29.2 Å². The minimum Gasteiger partial charge on any atom is -0.327 e. The van der Waals surface area contributed by atoms with Gasteiger partial charge in [-0.25, -0.2) is 16.8 Å². The number of ketones is 1. The Kier molecular flexibility index (Phi) is 5.85. The molecular weight excluding hydrogens is 486 g/mol. The molecule has 1 amide bonds. The molecule has 4 atom stereocenters. The summed E-state index contributed by atoms with van der Waals surface area (Å²) < 4.78 is 55.6. The first-order chi connectivity index (χ1) is 16.7. The molecule has 6 rings (SSSR count). The molecule has 2 bridgehead atoms. The average Bonchev–Trinajstić information content (AvgIpc) is 2.87. The normalized spacial score (nSPS) is 24.5. The molecule has 7 nitrogen and oxygen atoms in total. The van der Waals surface area contributed by atoms with Crippen LogP contribution in [0.3, 0.4) is 0 Å². The SMILES string of the molecule is O=C1C[C@@H]2C(=O)N(Cc3ccccc3)[C@H]1[C@H](S(=O)(=O)c1ccccc1)[C@@H]2S(=O)(=O)c1ccccc1. The summed E-state index contributed by atoms with van der Waals surface area (Å²) in [4.78, 5) is 27.9. The van der Waals surface area contributed by atoms with Gasteiger partial charge >= 0.3 is 0 Å². The van der Waals surface area contributed by atoms with Crippen LogP contribution < -0.4 is 0 Å². The molecular formula is C26H23NO6S2. The zero-order chi connectivity index (χ0) is 24.8. The van der Waals surface area contributed by atoms with Crippen molar-refractivity contribution in [3.05, 3.63) is 96.6 Å². The molecule has 2 heterocycles. The van der Waals surface area contributed by atoms with Gasteiger partial charge in [-0.15, -0.1) is 0 Å². The van der Waals surface area contributed by atoms with Crippen LogP contribution in [-0.2, 0) is 35.8 Å². The van der Waals surface area contributed by atoms with E-state index < -0.39 is 53.8 Å². The Morgan fingerprint density at radius 1 is 0.657 bits per heavy atom. The van der Waals surface area contributed by atoms with Gasteiger partial charge in [-0.1, -0.05) is 66.7 Å². The van der Waals surface area contributed by atoms with Gasteiger partial charge in [-0.05, 0) is 29.8 Å². The van der Waals surface area contributed by atoms with Crippen molar-refractivity contribution in [3.63, 3.8) is 0 Å². The average molecular weight is 510 g/mol. The third-order valence-corrected chi connectivity index (χ3v) is 11.4. The summed E-state index contributed by atoms with van der Waals surface area (Å²) in [6, 6.07) is 22.6. The van der Waals surface area contributed by atoms with Gasteiger partial charge in [0.05, 0.1) is 21.0 Å². The van der Waals surface area contributed by atoms with Gasteiger partial charge in [0, 0.05) is 13.0 Å². The van der Waals surface area contributed by atoms with Crippen molar-refractivity contribution in [2.24, 2.45) is 5.92 Å². The van der Waals surface area contributed by atoms with E-state index in [-0.39, 0.29) is 22.8 Å². The molecule has 2 aliphatic heterocycles. The lowest BCUT2D eigenvalue weighted by Gasteiger charge is -2.51. The highest BCUT2D eigenvalue weighted by atomic mass is 32.2. The van der Waals surface area contributed by atoms with Crippen LogP contribution in [0.15, 0.2) is 101 Å². The molecule has 0 N–H and O–H groups in total. The second kappa shape index (κ2) is 8.73. The number of hydrogen-bond acceptors (Lipinski definition) is 6. The van der Waals surface area contributed by atoms with Crippen LogP contribution in [0, 0.1) is 5.92 Å². The van der Waals surface area contributed by atoms with E-state index in [0.29, 0.717) is 0 Å². The Bertz CT molecular complexity index is 1470. The summed E-state index contributed by atoms with van der Waals surface area (Å²) in [6.45, 7) is 0.0193. The molecule has 0 radical (unpaired) electrons. The van der Waals surface area contributed by atoms with E-state index in [0.717, 1.165) is 5.56 Å². The maximum Gasteiger partial charge on any atom is 0.228 e. The summed E-state index contributed by atoms with van der Waals surface area (Å²) in [5, 5.41) is -3.19. The van der Waals surface area contributed by atoms with E-state index in [1.807, 2.05) is 6.07 Å². The first-order valence-corrected chi connectivity index (χ1v) is 14.3. The Morgan fingerprint density at radius 3 is 1.63 bits per heavy atom. The van der Waals surface area contributed by atoms with Crippen LogP contribution in [0.2, 0.25) is 0 Å². The molecule has 0 unspecified atom stereocenters. The first kappa shape index (κ1) is 23.4. The van der Waals surface area contributed by atoms with E-state index in [1.54, 1.807) is 60.7 Å². The minimum atomic E-state index is -4.31. The third kappa shape index (κ3) is 3.88. The Morgan fingerprint density at radius 2 is 1.11 bits per heavy atom. The monoisotopic (exact) mass is 509 g/mol. The molecule has 2 saturated heterocycles. The molecule has 3 aromatic carbocycles. The highest BCUT2D eigenvalue weighted by Crippen LogP contribution is 2.45. The van der Waals surface area contributed by atoms with Crippen LogP contribution in [0.5, 0.6) is 0 Å². The van der Waals surface area contributed by atoms with Crippen LogP contribution >= 0.6 is 0 Å². The predicted octanol–water partition coefficient (Wildman–Crippen LogP) is 2.67. The topological polar surface area (TPSA) is 106 Å². The summed E-state index contributed by atoms with van der Waals surface area (Å²) in [5.41, 5.74) is 0.722. The number of nitrogens with zero attached hydrogens (tertiary/aromatic N) is 1. The lowest BCUT2D eigenvalue weighted by molar-refractivity contribution is -0.155. The molecule has 9 heteroatoms. The number of amides is 1. The van der Waals surface area contributed by atoms with Crippen LogP contribution in [-0.4, -0.2) is 50.0 Å². The van der Waals surface area contributed by atoms with Gasteiger partial charge in [0.1, 0.15) is 11.3 Å². The number of Topliss-reactive ketones (excluding diaryl/α,β-unsaturated/α-hetero) is 1. The second-order valence-corrected chi connectivity index (χ2v) is 13.0. The van der Waals surface area contributed by atoms with Crippen molar-refractivity contribution in [1.82, 2.24) is 4.90 Å². The molecule has 1 aliphatic carbocycles. The molecule has 3 aromatic rings. The minimum absolute atomic E-state index is 0.0193. The Hall–Kier alpha value is -3.30. The van der Waals surface area contributed by atoms with Crippen molar-refractivity contribution >= 4 is 31.4 Å². The van der Waals surface area contributed by atoms with E-state index in [9.17, 15) is 26.4 Å². The van der Waals surface area contributed by atoms with E-state index in [2.05, 4.69) is 0 Å². The summed E-state index contributed by atoms with van der Waals surface area (Å²) in [7, 11) is -8.57. The van der Waals surface area contributed by atoms with Crippen molar-refractivity contribution in [3.8, 4) is 0 Å². The van der Waals surface area contributed by atoms with Gasteiger partial charge in [-0.2, -0.15) is 0 Å². The van der Waals surface area contributed by atoms with E-state index >= 15 is 0 Å². The molecule has 180 valence electrons. The smallest absolute Gasteiger partial charge is 0.228 e. The molecule has 1 saturated carbocycles.